The molecule has 0 aromatic carbocycles. The van der Waals surface area contributed by atoms with Gasteiger partial charge in [0, 0.05) is 12.4 Å². The number of nitrogens with zero attached hydrogens (tertiary/aromatic N) is 7. The number of hydrogen-bond acceptors (Lipinski definition) is 4. The Kier molecular flexibility index (Phi) is 1.91. The quantitative estimate of drug-likeness (QED) is 0.456. The Hall–Kier alpha value is -2.83. The zero-order valence-electron chi connectivity index (χ0n) is 10.2. The van der Waals surface area contributed by atoms with Gasteiger partial charge in [0.05, 0.1) is 31.2 Å². The molecule has 0 amide bonds. The maximum atomic E-state index is 4.65. The van der Waals surface area contributed by atoms with Gasteiger partial charge >= 0.3 is 5.65 Å². The lowest BCUT2D eigenvalue weighted by atomic mass is 10.2. The van der Waals surface area contributed by atoms with Gasteiger partial charge in [0.1, 0.15) is 6.33 Å². The lowest BCUT2D eigenvalue weighted by Gasteiger charge is -1.93. The monoisotopic (exact) mass is 252 g/mol. The van der Waals surface area contributed by atoms with E-state index < -0.39 is 0 Å². The van der Waals surface area contributed by atoms with Gasteiger partial charge in [0.2, 0.25) is 0 Å². The van der Waals surface area contributed by atoms with Gasteiger partial charge in [-0.15, -0.1) is 4.52 Å². The summed E-state index contributed by atoms with van der Waals surface area (Å²) < 4.78 is 5.82. The molecule has 0 fully saturated rings. The molecule has 0 radical (unpaired) electrons. The van der Waals surface area contributed by atoms with E-state index in [2.05, 4.69) is 19.9 Å². The lowest BCUT2D eigenvalue weighted by molar-refractivity contribution is -0.597. The maximum absolute atomic E-state index is 4.65. The molecule has 0 unspecified atom stereocenters. The van der Waals surface area contributed by atoms with Gasteiger partial charge in [-0.1, -0.05) is 9.61 Å². The van der Waals surface area contributed by atoms with Crippen LogP contribution < -0.4 is 4.52 Å². The minimum atomic E-state index is 0.759. The van der Waals surface area contributed by atoms with E-state index in [9.17, 15) is 0 Å². The summed E-state index contributed by atoms with van der Waals surface area (Å²) >= 11 is 0. The minimum Gasteiger partial charge on any atom is -0.244 e. The van der Waals surface area contributed by atoms with E-state index >= 15 is 0 Å². The standard InChI is InChI=1S/C12H10N7/c1-17-11-12(18-3-2-4-19(17)18)16-10(7-15-11)9-5-13-8-14-6-9/h2-8H,1H3/q+1. The first-order chi connectivity index (χ1) is 9.34. The summed E-state index contributed by atoms with van der Waals surface area (Å²) in [6, 6.07) is 1.96. The van der Waals surface area contributed by atoms with Gasteiger partial charge in [-0.25, -0.2) is 15.0 Å². The van der Waals surface area contributed by atoms with Crippen molar-refractivity contribution in [2.45, 2.75) is 0 Å². The summed E-state index contributed by atoms with van der Waals surface area (Å²) in [5.41, 5.74) is 3.23. The van der Waals surface area contributed by atoms with Gasteiger partial charge in [-0.05, 0) is 6.07 Å². The summed E-state index contributed by atoms with van der Waals surface area (Å²) in [5, 5.41) is 0. The number of rotatable bonds is 1. The third kappa shape index (κ3) is 1.35. The zero-order valence-corrected chi connectivity index (χ0v) is 10.2. The highest BCUT2D eigenvalue weighted by Gasteiger charge is 2.19. The Labute approximate surface area is 107 Å². The lowest BCUT2D eigenvalue weighted by Crippen LogP contribution is -2.26. The molecule has 92 valence electrons. The van der Waals surface area contributed by atoms with E-state index in [1.165, 1.54) is 6.33 Å². The predicted octanol–water partition coefficient (Wildman–Crippen LogP) is 0.263. The van der Waals surface area contributed by atoms with E-state index in [-0.39, 0.29) is 0 Å². The second kappa shape index (κ2) is 3.58. The van der Waals surface area contributed by atoms with Gasteiger partial charge in [0.15, 0.2) is 5.69 Å². The molecule has 0 aliphatic rings. The van der Waals surface area contributed by atoms with Crippen LogP contribution in [0.2, 0.25) is 0 Å². The molecule has 4 aromatic rings. The molecule has 0 spiro atoms. The van der Waals surface area contributed by atoms with Crippen molar-refractivity contribution in [1.29, 1.82) is 0 Å². The predicted molar refractivity (Wildman–Crippen MR) is 66.1 cm³/mol. The van der Waals surface area contributed by atoms with Crippen LogP contribution in [-0.4, -0.2) is 29.2 Å². The highest BCUT2D eigenvalue weighted by Crippen LogP contribution is 2.15. The normalized spacial score (nSPS) is 11.4. The first kappa shape index (κ1) is 10.1. The molecule has 7 nitrogen and oxygen atoms in total. The van der Waals surface area contributed by atoms with Crippen LogP contribution in [0.3, 0.4) is 0 Å². The number of aryl methyl sites for hydroxylation is 1. The van der Waals surface area contributed by atoms with Gasteiger partial charge in [-0.3, -0.25) is 0 Å². The molecule has 4 heterocycles. The molecule has 0 saturated heterocycles. The van der Waals surface area contributed by atoms with Crippen molar-refractivity contribution in [1.82, 2.24) is 29.2 Å². The zero-order chi connectivity index (χ0) is 12.8. The fourth-order valence-electron chi connectivity index (χ4n) is 2.17. The largest absolute Gasteiger partial charge is 0.346 e. The number of aromatic nitrogens is 7. The molecule has 4 aromatic heterocycles. The van der Waals surface area contributed by atoms with Gasteiger partial charge < -0.3 is 0 Å². The Bertz CT molecular complexity index is 875. The van der Waals surface area contributed by atoms with Crippen LogP contribution in [0.5, 0.6) is 0 Å². The molecule has 0 saturated carbocycles. The summed E-state index contributed by atoms with van der Waals surface area (Å²) in [5.74, 6) is 0. The van der Waals surface area contributed by atoms with E-state index in [0.29, 0.717) is 0 Å². The average molecular weight is 252 g/mol. The first-order valence-corrected chi connectivity index (χ1v) is 5.81. The van der Waals surface area contributed by atoms with Crippen molar-refractivity contribution in [2.24, 2.45) is 7.05 Å². The molecule has 0 bridgehead atoms. The average Bonchev–Trinajstić information content (AvgIpc) is 3.04. The number of fused-ring (bicyclic) bond motifs is 3. The Morgan fingerprint density at radius 1 is 1.16 bits per heavy atom. The molecule has 7 heteroatoms. The maximum Gasteiger partial charge on any atom is 0.346 e. The summed E-state index contributed by atoms with van der Waals surface area (Å²) in [6.45, 7) is 0. The van der Waals surface area contributed by atoms with Gasteiger partial charge in [0.25, 0.3) is 5.65 Å². The van der Waals surface area contributed by atoms with Gasteiger partial charge in [-0.2, -0.15) is 4.68 Å². The van der Waals surface area contributed by atoms with Crippen LogP contribution in [0.25, 0.3) is 22.6 Å². The highest BCUT2D eigenvalue weighted by atomic mass is 15.6. The van der Waals surface area contributed by atoms with Crippen molar-refractivity contribution < 1.29 is 4.52 Å². The molecule has 0 aliphatic carbocycles. The topological polar surface area (TPSA) is 65.0 Å². The van der Waals surface area contributed by atoms with E-state index in [0.717, 1.165) is 22.6 Å². The fraction of sp³-hybridized carbons (Fsp3) is 0.0833. The van der Waals surface area contributed by atoms with E-state index in [1.54, 1.807) is 18.6 Å². The van der Waals surface area contributed by atoms with Crippen LogP contribution in [0.4, 0.5) is 0 Å². The molecule has 19 heavy (non-hydrogen) atoms. The second-order valence-corrected chi connectivity index (χ2v) is 4.21. The number of hydrogen-bond donors (Lipinski definition) is 0. The van der Waals surface area contributed by atoms with E-state index in [1.807, 2.05) is 39.3 Å². The van der Waals surface area contributed by atoms with Crippen molar-refractivity contribution in [3.05, 3.63) is 43.4 Å². The van der Waals surface area contributed by atoms with Crippen LogP contribution in [0, 0.1) is 0 Å². The smallest absolute Gasteiger partial charge is 0.244 e. The first-order valence-electron chi connectivity index (χ1n) is 5.81. The van der Waals surface area contributed by atoms with Crippen molar-refractivity contribution in [2.75, 3.05) is 0 Å². The third-order valence-corrected chi connectivity index (χ3v) is 3.09. The van der Waals surface area contributed by atoms with E-state index in [4.69, 9.17) is 0 Å². The summed E-state index contributed by atoms with van der Waals surface area (Å²) in [7, 11) is 1.95. The van der Waals surface area contributed by atoms with Crippen LogP contribution in [0.15, 0.2) is 43.4 Å². The van der Waals surface area contributed by atoms with Crippen molar-refractivity contribution >= 4 is 11.3 Å². The molecular weight excluding hydrogens is 242 g/mol. The highest BCUT2D eigenvalue weighted by molar-refractivity contribution is 5.66. The Morgan fingerprint density at radius 3 is 2.84 bits per heavy atom. The molecular formula is C12H10N7+. The molecule has 0 atom stereocenters. The SMILES string of the molecule is Cn1c2ncc(-c3cncnc3)nc2[n+]2cccn12. The van der Waals surface area contributed by atoms with Crippen molar-refractivity contribution in [3.8, 4) is 11.3 Å². The summed E-state index contributed by atoms with van der Waals surface area (Å²) in [4.78, 5) is 17.1. The van der Waals surface area contributed by atoms with Crippen molar-refractivity contribution in [3.63, 3.8) is 0 Å². The summed E-state index contributed by atoms with van der Waals surface area (Å²) in [6.07, 6.45) is 10.6. The third-order valence-electron chi connectivity index (χ3n) is 3.09. The Morgan fingerprint density at radius 2 is 2.00 bits per heavy atom. The fourth-order valence-corrected chi connectivity index (χ4v) is 2.17. The van der Waals surface area contributed by atoms with Crippen LogP contribution in [-0.2, 0) is 7.05 Å². The molecule has 4 rings (SSSR count). The Balaban J connectivity index is 2.06. The van der Waals surface area contributed by atoms with Crippen LogP contribution in [0.1, 0.15) is 0 Å². The minimum absolute atomic E-state index is 0.759. The molecule has 0 N–H and O–H groups in total. The molecule has 0 aliphatic heterocycles. The van der Waals surface area contributed by atoms with Crippen LogP contribution >= 0.6 is 0 Å². The second-order valence-electron chi connectivity index (χ2n) is 4.21.